The van der Waals surface area contributed by atoms with Gasteiger partial charge in [-0.05, 0) is 80.1 Å². The number of nitrogens with two attached hydrogens (primary N) is 1. The van der Waals surface area contributed by atoms with Crippen LogP contribution in [0.25, 0.3) is 0 Å². The summed E-state index contributed by atoms with van der Waals surface area (Å²) in [5.74, 6) is 0. The van der Waals surface area contributed by atoms with Gasteiger partial charge >= 0.3 is 0 Å². The zero-order valence-electron chi connectivity index (χ0n) is 17.7. The van der Waals surface area contributed by atoms with E-state index in [1.165, 1.54) is 0 Å². The molecule has 0 aliphatic carbocycles. The fourth-order valence-electron chi connectivity index (χ4n) is 3.24. The molecule has 0 unspecified atom stereocenters. The molecule has 0 amide bonds. The molecule has 0 saturated carbocycles. The predicted octanol–water partition coefficient (Wildman–Crippen LogP) is 4.22. The number of aromatic nitrogens is 2. The van der Waals surface area contributed by atoms with Crippen LogP contribution < -0.4 is 16.4 Å². The Hall–Kier alpha value is -3.03. The lowest BCUT2D eigenvalue weighted by Crippen LogP contribution is -2.29. The lowest BCUT2D eigenvalue weighted by Gasteiger charge is -2.21. The van der Waals surface area contributed by atoms with E-state index >= 15 is 0 Å². The van der Waals surface area contributed by atoms with Gasteiger partial charge in [-0.2, -0.15) is 0 Å². The highest BCUT2D eigenvalue weighted by molar-refractivity contribution is 7.80. The maximum absolute atomic E-state index is 5.70. The van der Waals surface area contributed by atoms with Gasteiger partial charge in [0.2, 0.25) is 0 Å². The summed E-state index contributed by atoms with van der Waals surface area (Å²) in [6, 6.07) is 19.7. The van der Waals surface area contributed by atoms with E-state index in [0.717, 1.165) is 68.2 Å². The molecular weight excluding hydrogens is 404 g/mol. The van der Waals surface area contributed by atoms with Gasteiger partial charge in [-0.15, -0.1) is 0 Å². The highest BCUT2D eigenvalue weighted by Crippen LogP contribution is 2.11. The molecule has 3 aromatic rings. The third-order valence-corrected chi connectivity index (χ3v) is 5.08. The van der Waals surface area contributed by atoms with Crippen LogP contribution in [0.15, 0.2) is 73.1 Å². The summed E-state index contributed by atoms with van der Waals surface area (Å²) in [6.45, 7) is 3.50. The van der Waals surface area contributed by atoms with Gasteiger partial charge in [-0.3, -0.25) is 14.9 Å². The molecule has 7 heteroatoms. The van der Waals surface area contributed by atoms with Gasteiger partial charge in [0.1, 0.15) is 0 Å². The molecule has 0 aliphatic heterocycles. The number of nitrogens with zero attached hydrogens (tertiary/aromatic N) is 3. The van der Waals surface area contributed by atoms with Crippen molar-refractivity contribution in [3.63, 3.8) is 0 Å². The van der Waals surface area contributed by atoms with Gasteiger partial charge in [-0.25, -0.2) is 0 Å². The average molecular weight is 435 g/mol. The first-order valence-corrected chi connectivity index (χ1v) is 11.0. The van der Waals surface area contributed by atoms with Gasteiger partial charge in [0, 0.05) is 43.4 Å². The first kappa shape index (κ1) is 22.7. The van der Waals surface area contributed by atoms with E-state index in [1.807, 2.05) is 60.9 Å². The smallest absolute Gasteiger partial charge is 0.170 e. The topological polar surface area (TPSA) is 79.1 Å². The Morgan fingerprint density at radius 2 is 1.48 bits per heavy atom. The molecule has 0 atom stereocenters. The van der Waals surface area contributed by atoms with Crippen LogP contribution >= 0.6 is 12.2 Å². The van der Waals surface area contributed by atoms with E-state index in [1.54, 1.807) is 0 Å². The average Bonchev–Trinajstić information content (AvgIpc) is 2.79. The van der Waals surface area contributed by atoms with Crippen molar-refractivity contribution in [3.05, 3.63) is 84.4 Å². The van der Waals surface area contributed by atoms with Crippen molar-refractivity contribution in [2.24, 2.45) is 0 Å². The molecule has 0 fully saturated rings. The number of benzene rings is 1. The van der Waals surface area contributed by atoms with Crippen LogP contribution in [0.3, 0.4) is 0 Å². The van der Waals surface area contributed by atoms with E-state index in [4.69, 9.17) is 18.0 Å². The van der Waals surface area contributed by atoms with Crippen molar-refractivity contribution in [3.8, 4) is 0 Å². The minimum atomic E-state index is 0.636. The van der Waals surface area contributed by atoms with E-state index in [2.05, 4.69) is 37.6 Å². The molecule has 0 spiro atoms. The number of pyridine rings is 2. The van der Waals surface area contributed by atoms with Crippen LogP contribution in [0.4, 0.5) is 11.4 Å². The maximum atomic E-state index is 5.70. The normalized spacial score (nSPS) is 10.7. The number of nitrogens with one attached hydrogen (secondary N) is 2. The summed E-state index contributed by atoms with van der Waals surface area (Å²) >= 11 is 5.36. The van der Waals surface area contributed by atoms with Crippen LogP contribution in [0.2, 0.25) is 0 Å². The van der Waals surface area contributed by atoms with E-state index in [9.17, 15) is 0 Å². The van der Waals surface area contributed by atoms with Crippen molar-refractivity contribution < 1.29 is 0 Å². The van der Waals surface area contributed by atoms with Crippen LogP contribution in [0, 0.1) is 0 Å². The van der Waals surface area contributed by atoms with Crippen LogP contribution in [-0.4, -0.2) is 33.1 Å². The highest BCUT2D eigenvalue weighted by Gasteiger charge is 2.08. The van der Waals surface area contributed by atoms with Gasteiger partial charge in [0.25, 0.3) is 0 Å². The number of hydrogen-bond acceptors (Lipinski definition) is 5. The molecule has 0 bridgehead atoms. The SMILES string of the molecule is Nc1ccc(NC(=S)NCCCCCN(Cc2ccccn2)Cc2ccccn2)cc1. The second-order valence-electron chi connectivity index (χ2n) is 7.42. The third-order valence-electron chi connectivity index (χ3n) is 4.83. The molecule has 2 aromatic heterocycles. The minimum Gasteiger partial charge on any atom is -0.399 e. The van der Waals surface area contributed by atoms with Crippen molar-refractivity contribution >= 4 is 28.7 Å². The quantitative estimate of drug-likeness (QED) is 0.237. The van der Waals surface area contributed by atoms with Gasteiger partial charge < -0.3 is 16.4 Å². The lowest BCUT2D eigenvalue weighted by molar-refractivity contribution is 0.245. The molecule has 4 N–H and O–H groups in total. The maximum Gasteiger partial charge on any atom is 0.170 e. The molecule has 3 rings (SSSR count). The Kier molecular flexibility index (Phi) is 9.22. The summed E-state index contributed by atoms with van der Waals surface area (Å²) in [4.78, 5) is 11.4. The molecule has 162 valence electrons. The summed E-state index contributed by atoms with van der Waals surface area (Å²) in [5, 5.41) is 7.08. The molecular formula is C24H30N6S. The number of hydrogen-bond donors (Lipinski definition) is 3. The summed E-state index contributed by atoms with van der Waals surface area (Å²) in [5.41, 5.74) is 9.55. The molecule has 31 heavy (non-hydrogen) atoms. The minimum absolute atomic E-state index is 0.636. The second kappa shape index (κ2) is 12.6. The van der Waals surface area contributed by atoms with E-state index < -0.39 is 0 Å². The summed E-state index contributed by atoms with van der Waals surface area (Å²) in [6.07, 6.45) is 6.99. The van der Waals surface area contributed by atoms with Gasteiger partial charge in [0.05, 0.1) is 11.4 Å². The lowest BCUT2D eigenvalue weighted by atomic mass is 10.2. The Morgan fingerprint density at radius 1 is 0.839 bits per heavy atom. The number of thiocarbonyl (C=S) groups is 1. The number of rotatable bonds is 11. The zero-order chi connectivity index (χ0) is 21.7. The summed E-state index contributed by atoms with van der Waals surface area (Å²) in [7, 11) is 0. The van der Waals surface area contributed by atoms with Gasteiger partial charge in [0.15, 0.2) is 5.11 Å². The third kappa shape index (κ3) is 8.70. The van der Waals surface area contributed by atoms with Crippen molar-refractivity contribution in [1.82, 2.24) is 20.2 Å². The fourth-order valence-corrected chi connectivity index (χ4v) is 3.46. The van der Waals surface area contributed by atoms with E-state index in [0.29, 0.717) is 5.11 Å². The molecule has 0 saturated heterocycles. The molecule has 0 radical (unpaired) electrons. The largest absolute Gasteiger partial charge is 0.399 e. The van der Waals surface area contributed by atoms with E-state index in [-0.39, 0.29) is 0 Å². The molecule has 6 nitrogen and oxygen atoms in total. The van der Waals surface area contributed by atoms with Crippen LogP contribution in [0.1, 0.15) is 30.7 Å². The van der Waals surface area contributed by atoms with Crippen molar-refractivity contribution in [1.29, 1.82) is 0 Å². The summed E-state index contributed by atoms with van der Waals surface area (Å²) < 4.78 is 0. The van der Waals surface area contributed by atoms with Crippen molar-refractivity contribution in [2.75, 3.05) is 24.1 Å². The Bertz CT molecular complexity index is 861. The first-order chi connectivity index (χ1) is 15.2. The molecule has 2 heterocycles. The zero-order valence-corrected chi connectivity index (χ0v) is 18.5. The first-order valence-electron chi connectivity index (χ1n) is 10.6. The highest BCUT2D eigenvalue weighted by atomic mass is 32.1. The number of unbranched alkanes of at least 4 members (excludes halogenated alkanes) is 2. The monoisotopic (exact) mass is 434 g/mol. The number of anilines is 2. The standard InChI is InChI=1S/C24H30N6S/c25-20-10-12-21(13-11-20)29-24(31)28-16-4-1-7-17-30(18-22-8-2-5-14-26-22)19-23-9-3-6-15-27-23/h2-3,5-6,8-15H,1,4,7,16-19,25H2,(H2,28,29,31). The molecule has 1 aromatic carbocycles. The van der Waals surface area contributed by atoms with Crippen molar-refractivity contribution in [2.45, 2.75) is 32.4 Å². The Morgan fingerprint density at radius 3 is 2.06 bits per heavy atom. The predicted molar refractivity (Wildman–Crippen MR) is 132 cm³/mol. The Balaban J connectivity index is 1.37. The van der Waals surface area contributed by atoms with Gasteiger partial charge in [-0.1, -0.05) is 18.6 Å². The Labute approximate surface area is 189 Å². The van der Waals surface area contributed by atoms with Crippen LogP contribution in [-0.2, 0) is 13.1 Å². The molecule has 0 aliphatic rings. The fraction of sp³-hybridized carbons (Fsp3) is 0.292. The van der Waals surface area contributed by atoms with Crippen LogP contribution in [0.5, 0.6) is 0 Å². The second-order valence-corrected chi connectivity index (χ2v) is 7.82. The number of nitrogen functional groups attached to an aromatic ring is 1.